The van der Waals surface area contributed by atoms with Gasteiger partial charge in [0.2, 0.25) is 5.91 Å². The molecule has 1 aliphatic rings. The van der Waals surface area contributed by atoms with Crippen molar-refractivity contribution in [2.75, 3.05) is 0 Å². The first-order valence-electron chi connectivity index (χ1n) is 26.7. The lowest BCUT2D eigenvalue weighted by atomic mass is 9.86. The lowest BCUT2D eigenvalue weighted by Crippen LogP contribution is -2.47. The van der Waals surface area contributed by atoms with Crippen LogP contribution in [0.3, 0.4) is 0 Å². The molecular weight excluding hydrogens is 817 g/mol. The minimum absolute atomic E-state index is 0.0993. The van der Waals surface area contributed by atoms with Crippen LogP contribution in [0.2, 0.25) is 0 Å². The number of unbranched alkanes of at least 4 members (excludes halogenated alkanes) is 2. The highest BCUT2D eigenvalue weighted by atomic mass is 16.2. The first kappa shape index (κ1) is 70.7. The first-order valence-corrected chi connectivity index (χ1v) is 26.7. The highest BCUT2D eigenvalue weighted by molar-refractivity contribution is 5.76. The van der Waals surface area contributed by atoms with Crippen molar-refractivity contribution in [1.82, 2.24) is 10.6 Å². The predicted molar refractivity (Wildman–Crippen MR) is 289 cm³/mol. The SMILES string of the molecule is CC(=O)CCC(C)CCC(C)(C)C.CC(=O)CCCCCC(C)(C)C.CC(=O)CC[C@@H](C)CCC(C)(C)C.CC(=O)CC[C@H](C)CCC(C)(C)C.CC(=O)NC1CCC(NC(C)(C)C)CC1. The number of ketones is 4. The minimum Gasteiger partial charge on any atom is -0.354 e. The summed E-state index contributed by atoms with van der Waals surface area (Å²) in [5, 5.41) is 6.62. The van der Waals surface area contributed by atoms with E-state index in [2.05, 4.69) is 135 Å². The maximum atomic E-state index is 10.9. The molecular formula is C59H118N2O5. The number of rotatable bonds is 22. The van der Waals surface area contributed by atoms with E-state index >= 15 is 0 Å². The summed E-state index contributed by atoms with van der Waals surface area (Å²) >= 11 is 0. The molecule has 1 unspecified atom stereocenters. The molecule has 0 aromatic heterocycles. The van der Waals surface area contributed by atoms with E-state index in [1.807, 2.05) is 0 Å². The topological polar surface area (TPSA) is 109 Å². The Bertz CT molecular complexity index is 1170. The van der Waals surface area contributed by atoms with E-state index in [1.54, 1.807) is 34.6 Å². The molecule has 1 fully saturated rings. The van der Waals surface area contributed by atoms with Gasteiger partial charge in [-0.2, -0.15) is 0 Å². The number of hydrogen-bond acceptors (Lipinski definition) is 6. The maximum Gasteiger partial charge on any atom is 0.217 e. The van der Waals surface area contributed by atoms with E-state index in [4.69, 9.17) is 0 Å². The monoisotopic (exact) mass is 935 g/mol. The number of Topliss-reactive ketones (excluding diaryl/α,β-unsaturated/α-hetero) is 4. The van der Waals surface area contributed by atoms with Crippen LogP contribution >= 0.6 is 0 Å². The van der Waals surface area contributed by atoms with E-state index in [0.717, 1.165) is 64.2 Å². The average Bonchev–Trinajstić information content (AvgIpc) is 3.12. The Morgan fingerprint density at radius 1 is 0.394 bits per heavy atom. The Morgan fingerprint density at radius 3 is 0.924 bits per heavy atom. The van der Waals surface area contributed by atoms with Gasteiger partial charge in [0.05, 0.1) is 0 Å². The lowest BCUT2D eigenvalue weighted by Gasteiger charge is -2.34. The van der Waals surface area contributed by atoms with Crippen LogP contribution in [0.15, 0.2) is 0 Å². The van der Waals surface area contributed by atoms with Crippen molar-refractivity contribution in [2.45, 2.75) is 312 Å². The molecule has 7 nitrogen and oxygen atoms in total. The summed E-state index contributed by atoms with van der Waals surface area (Å²) in [6.07, 6.45) is 23.1. The van der Waals surface area contributed by atoms with Crippen LogP contribution in [-0.4, -0.2) is 46.7 Å². The second kappa shape index (κ2) is 37.0. The number of carbonyl (C=O) groups excluding carboxylic acids is 5. The quantitative estimate of drug-likeness (QED) is 0.105. The fourth-order valence-electron chi connectivity index (χ4n) is 7.31. The highest BCUT2D eigenvalue weighted by Gasteiger charge is 2.24. The number of amides is 1. The number of hydrogen-bond donors (Lipinski definition) is 2. The van der Waals surface area contributed by atoms with E-state index in [0.29, 0.717) is 74.6 Å². The Labute approximate surface area is 413 Å². The van der Waals surface area contributed by atoms with Crippen LogP contribution in [-0.2, 0) is 24.0 Å². The van der Waals surface area contributed by atoms with Crippen molar-refractivity contribution in [3.05, 3.63) is 0 Å². The zero-order valence-electron chi connectivity index (χ0n) is 48.8. The van der Waals surface area contributed by atoms with Crippen molar-refractivity contribution < 1.29 is 24.0 Å². The third kappa shape index (κ3) is 66.4. The second-order valence-corrected chi connectivity index (χ2v) is 26.8. The molecule has 7 heteroatoms. The van der Waals surface area contributed by atoms with Crippen LogP contribution in [0.1, 0.15) is 294 Å². The van der Waals surface area contributed by atoms with Crippen molar-refractivity contribution in [1.29, 1.82) is 0 Å². The smallest absolute Gasteiger partial charge is 0.217 e. The molecule has 0 saturated heterocycles. The minimum atomic E-state index is 0.0993. The van der Waals surface area contributed by atoms with Gasteiger partial charge in [0.1, 0.15) is 23.1 Å². The summed E-state index contributed by atoms with van der Waals surface area (Å²) in [6, 6.07) is 1.02. The van der Waals surface area contributed by atoms with Gasteiger partial charge in [-0.15, -0.1) is 0 Å². The zero-order valence-corrected chi connectivity index (χ0v) is 48.8. The molecule has 0 aliphatic heterocycles. The van der Waals surface area contributed by atoms with Crippen LogP contribution in [0.5, 0.6) is 0 Å². The van der Waals surface area contributed by atoms with Crippen molar-refractivity contribution >= 4 is 29.0 Å². The molecule has 2 N–H and O–H groups in total. The molecule has 1 aliphatic carbocycles. The Hall–Kier alpha value is -1.89. The molecule has 0 spiro atoms. The molecule has 3 atom stereocenters. The zero-order chi connectivity index (χ0) is 52.5. The van der Waals surface area contributed by atoms with Crippen molar-refractivity contribution in [2.24, 2.45) is 39.4 Å². The Kier molecular flexibility index (Phi) is 39.6. The van der Waals surface area contributed by atoms with E-state index in [-0.39, 0.29) is 11.4 Å². The normalized spacial score (nSPS) is 16.8. The third-order valence-corrected chi connectivity index (χ3v) is 11.9. The van der Waals surface area contributed by atoms with E-state index in [9.17, 15) is 24.0 Å². The summed E-state index contributed by atoms with van der Waals surface area (Å²) in [5.74, 6) is 3.48. The number of carbonyl (C=O) groups is 5. The van der Waals surface area contributed by atoms with Gasteiger partial charge < -0.3 is 29.8 Å². The van der Waals surface area contributed by atoms with Crippen molar-refractivity contribution in [3.8, 4) is 0 Å². The van der Waals surface area contributed by atoms with Crippen molar-refractivity contribution in [3.63, 3.8) is 0 Å². The molecule has 0 aromatic rings. The van der Waals surface area contributed by atoms with Gasteiger partial charge in [0, 0.05) is 50.2 Å². The van der Waals surface area contributed by atoms with Gasteiger partial charge in [-0.3, -0.25) is 4.79 Å². The standard InChI is InChI=1S/C12H24N2O.3C12H24O.C11H22O/c1-9(15)13-10-5-7-11(8-6-10)14-12(2,3)4;3*1-10(6-7-11(2)13)8-9-12(3,4)5;1-10(12)8-6-5-7-9-11(2,3)4/h10-11,14H,5-8H2,1-4H3,(H,13,15);3*10H,6-9H2,1-5H3;5-9H2,1-4H3/t;2*10-;;/m.10../s1. The third-order valence-electron chi connectivity index (χ3n) is 11.9. The van der Waals surface area contributed by atoms with Crippen LogP contribution < -0.4 is 10.6 Å². The first-order chi connectivity index (χ1) is 29.7. The predicted octanol–water partition coefficient (Wildman–Crippen LogP) is 16.8. The lowest BCUT2D eigenvalue weighted by molar-refractivity contribution is -0.120. The Morgan fingerprint density at radius 2 is 0.682 bits per heavy atom. The van der Waals surface area contributed by atoms with E-state index < -0.39 is 0 Å². The van der Waals surface area contributed by atoms with E-state index in [1.165, 1.54) is 70.6 Å². The summed E-state index contributed by atoms with van der Waals surface area (Å²) in [6.45, 7) is 48.8. The Balaban J connectivity index is -0.000000365. The molecule has 0 heterocycles. The number of nitrogens with one attached hydrogen (secondary N) is 2. The fourth-order valence-corrected chi connectivity index (χ4v) is 7.31. The molecule has 1 amide bonds. The highest BCUT2D eigenvalue weighted by Crippen LogP contribution is 2.28. The van der Waals surface area contributed by atoms with Gasteiger partial charge in [-0.25, -0.2) is 0 Å². The molecule has 394 valence electrons. The largest absolute Gasteiger partial charge is 0.354 e. The van der Waals surface area contributed by atoms with Gasteiger partial charge in [-0.05, 0) is 165 Å². The summed E-state index contributed by atoms with van der Waals surface area (Å²) in [4.78, 5) is 53.7. The summed E-state index contributed by atoms with van der Waals surface area (Å²) in [7, 11) is 0. The fraction of sp³-hybridized carbons (Fsp3) is 0.915. The summed E-state index contributed by atoms with van der Waals surface area (Å²) < 4.78 is 0. The summed E-state index contributed by atoms with van der Waals surface area (Å²) in [5.41, 5.74) is 1.96. The van der Waals surface area contributed by atoms with Crippen LogP contribution in [0.25, 0.3) is 0 Å². The maximum absolute atomic E-state index is 10.9. The van der Waals surface area contributed by atoms with Gasteiger partial charge in [-0.1, -0.05) is 136 Å². The van der Waals surface area contributed by atoms with Gasteiger partial charge >= 0.3 is 0 Å². The molecule has 66 heavy (non-hydrogen) atoms. The second-order valence-electron chi connectivity index (χ2n) is 26.8. The molecule has 1 rings (SSSR count). The van der Waals surface area contributed by atoms with Crippen LogP contribution in [0, 0.1) is 39.4 Å². The van der Waals surface area contributed by atoms with Gasteiger partial charge in [0.25, 0.3) is 0 Å². The molecule has 1 saturated carbocycles. The average molecular weight is 936 g/mol. The molecule has 0 radical (unpaired) electrons. The molecule has 0 aromatic carbocycles. The van der Waals surface area contributed by atoms with Gasteiger partial charge in [0.15, 0.2) is 0 Å². The van der Waals surface area contributed by atoms with Crippen LogP contribution in [0.4, 0.5) is 0 Å². The molecule has 0 bridgehead atoms.